The summed E-state index contributed by atoms with van der Waals surface area (Å²) in [7, 11) is 0. The van der Waals surface area contributed by atoms with Crippen LogP contribution in [0.2, 0.25) is 5.02 Å². The zero-order chi connectivity index (χ0) is 15.0. The second-order valence-electron chi connectivity index (χ2n) is 5.40. The lowest BCUT2D eigenvalue weighted by atomic mass is 9.69. The minimum Gasteiger partial charge on any atom is -0.506 e. The van der Waals surface area contributed by atoms with Gasteiger partial charge in [0, 0.05) is 12.0 Å². The van der Waals surface area contributed by atoms with Gasteiger partial charge in [-0.05, 0) is 30.5 Å². The van der Waals surface area contributed by atoms with Crippen molar-refractivity contribution in [2.45, 2.75) is 43.7 Å². The van der Waals surface area contributed by atoms with Crippen molar-refractivity contribution in [1.82, 2.24) is 0 Å². The number of rotatable bonds is 2. The Morgan fingerprint density at radius 3 is 2.30 bits per heavy atom. The highest BCUT2D eigenvalue weighted by Gasteiger charge is 2.39. The fourth-order valence-corrected chi connectivity index (χ4v) is 3.18. The number of nitrogens with two attached hydrogens (primary N) is 1. The standard InChI is InChI=1S/C14H17ClF3NO/c15-11-7-9(6-10(12(11)20)14(16,17)18)13(8-19)4-2-1-3-5-13/h6-7,20H,1-5,8,19H2. The topological polar surface area (TPSA) is 46.2 Å². The Hall–Kier alpha value is -0.940. The highest BCUT2D eigenvalue weighted by Crippen LogP contribution is 2.45. The summed E-state index contributed by atoms with van der Waals surface area (Å²) in [5.74, 6) is -0.911. The Bertz CT molecular complexity index is 496. The van der Waals surface area contributed by atoms with Crippen molar-refractivity contribution in [2.24, 2.45) is 5.73 Å². The Morgan fingerprint density at radius 2 is 1.80 bits per heavy atom. The van der Waals surface area contributed by atoms with Gasteiger partial charge in [0.25, 0.3) is 0 Å². The molecule has 0 radical (unpaired) electrons. The van der Waals surface area contributed by atoms with Gasteiger partial charge in [0.05, 0.1) is 10.6 Å². The maximum Gasteiger partial charge on any atom is 0.420 e. The van der Waals surface area contributed by atoms with Crippen molar-refractivity contribution in [3.8, 4) is 5.75 Å². The van der Waals surface area contributed by atoms with Crippen LogP contribution in [0.25, 0.3) is 0 Å². The zero-order valence-electron chi connectivity index (χ0n) is 10.9. The second kappa shape index (κ2) is 5.45. The summed E-state index contributed by atoms with van der Waals surface area (Å²) >= 11 is 5.77. The maximum atomic E-state index is 13.0. The van der Waals surface area contributed by atoms with Gasteiger partial charge in [0.2, 0.25) is 0 Å². The van der Waals surface area contributed by atoms with Crippen molar-refractivity contribution in [1.29, 1.82) is 0 Å². The number of benzene rings is 1. The lowest BCUT2D eigenvalue weighted by molar-refractivity contribution is -0.138. The monoisotopic (exact) mass is 307 g/mol. The van der Waals surface area contributed by atoms with E-state index in [0.29, 0.717) is 5.56 Å². The van der Waals surface area contributed by atoms with E-state index in [-0.39, 0.29) is 11.6 Å². The van der Waals surface area contributed by atoms with Crippen LogP contribution in [0.1, 0.15) is 43.2 Å². The molecule has 2 nitrogen and oxygen atoms in total. The first-order valence-corrected chi connectivity index (χ1v) is 6.98. The van der Waals surface area contributed by atoms with E-state index in [4.69, 9.17) is 17.3 Å². The smallest absolute Gasteiger partial charge is 0.420 e. The van der Waals surface area contributed by atoms with E-state index >= 15 is 0 Å². The van der Waals surface area contributed by atoms with Gasteiger partial charge in [0.1, 0.15) is 5.75 Å². The molecule has 1 fully saturated rings. The Labute approximate surface area is 120 Å². The summed E-state index contributed by atoms with van der Waals surface area (Å²) in [6.07, 6.45) is -0.175. The fraction of sp³-hybridized carbons (Fsp3) is 0.571. The Balaban J connectivity index is 2.54. The number of halogens is 4. The van der Waals surface area contributed by atoms with Crippen molar-refractivity contribution < 1.29 is 18.3 Å². The number of hydrogen-bond donors (Lipinski definition) is 2. The van der Waals surface area contributed by atoms with Crippen molar-refractivity contribution in [3.05, 3.63) is 28.3 Å². The molecule has 2 rings (SSSR count). The van der Waals surface area contributed by atoms with Crippen LogP contribution in [-0.4, -0.2) is 11.7 Å². The number of aromatic hydroxyl groups is 1. The summed E-state index contributed by atoms with van der Waals surface area (Å²) in [4.78, 5) is 0. The molecule has 0 bridgehead atoms. The number of alkyl halides is 3. The highest BCUT2D eigenvalue weighted by atomic mass is 35.5. The molecule has 0 aromatic heterocycles. The molecule has 1 aliphatic carbocycles. The minimum absolute atomic E-state index is 0.270. The van der Waals surface area contributed by atoms with E-state index < -0.39 is 22.9 Å². The van der Waals surface area contributed by atoms with Gasteiger partial charge < -0.3 is 10.8 Å². The molecule has 6 heteroatoms. The molecule has 0 amide bonds. The van der Waals surface area contributed by atoms with Gasteiger partial charge in [0.15, 0.2) is 0 Å². The molecule has 0 aliphatic heterocycles. The van der Waals surface area contributed by atoms with Crippen molar-refractivity contribution >= 4 is 11.6 Å². The third kappa shape index (κ3) is 2.74. The van der Waals surface area contributed by atoms with Gasteiger partial charge >= 0.3 is 6.18 Å². The fourth-order valence-electron chi connectivity index (χ4n) is 2.96. The van der Waals surface area contributed by atoms with Gasteiger partial charge in [-0.25, -0.2) is 0 Å². The van der Waals surface area contributed by atoms with Gasteiger partial charge in [-0.2, -0.15) is 13.2 Å². The molecule has 1 saturated carbocycles. The van der Waals surface area contributed by atoms with Crippen LogP contribution in [0.15, 0.2) is 12.1 Å². The molecule has 1 aliphatic rings. The zero-order valence-corrected chi connectivity index (χ0v) is 11.7. The SMILES string of the molecule is NCC1(c2cc(Cl)c(O)c(C(F)(F)F)c2)CCCCC1. The van der Waals surface area contributed by atoms with Gasteiger partial charge in [-0.3, -0.25) is 0 Å². The third-order valence-corrected chi connectivity index (χ3v) is 4.47. The maximum absolute atomic E-state index is 13.0. The van der Waals surface area contributed by atoms with Crippen molar-refractivity contribution in [3.63, 3.8) is 0 Å². The van der Waals surface area contributed by atoms with Crippen LogP contribution in [0.5, 0.6) is 5.75 Å². The number of phenols is 1. The summed E-state index contributed by atoms with van der Waals surface area (Å²) in [5.41, 5.74) is 4.76. The van der Waals surface area contributed by atoms with Crippen molar-refractivity contribution in [2.75, 3.05) is 6.54 Å². The summed E-state index contributed by atoms with van der Waals surface area (Å²) < 4.78 is 38.9. The molecule has 1 aromatic rings. The van der Waals surface area contributed by atoms with Gasteiger partial charge in [-0.1, -0.05) is 30.9 Å². The molecule has 0 unspecified atom stereocenters. The lowest BCUT2D eigenvalue weighted by Gasteiger charge is -2.37. The van der Waals surface area contributed by atoms with E-state index in [1.165, 1.54) is 6.07 Å². The normalized spacial score (nSPS) is 19.1. The largest absolute Gasteiger partial charge is 0.506 e. The molecule has 0 spiro atoms. The minimum atomic E-state index is -4.63. The quantitative estimate of drug-likeness (QED) is 0.859. The average Bonchev–Trinajstić information content (AvgIpc) is 2.41. The van der Waals surface area contributed by atoms with E-state index in [9.17, 15) is 18.3 Å². The van der Waals surface area contributed by atoms with E-state index in [1.807, 2.05) is 0 Å². The first-order valence-electron chi connectivity index (χ1n) is 6.60. The van der Waals surface area contributed by atoms with Crippen LogP contribution in [0, 0.1) is 0 Å². The molecular formula is C14H17ClF3NO. The predicted octanol–water partition coefficient (Wildman–Crippen LogP) is 4.23. The molecule has 112 valence electrons. The summed E-state index contributed by atoms with van der Waals surface area (Å²) in [6.45, 7) is 0.283. The van der Waals surface area contributed by atoms with Gasteiger partial charge in [-0.15, -0.1) is 0 Å². The first-order chi connectivity index (χ1) is 9.30. The average molecular weight is 308 g/mol. The molecule has 20 heavy (non-hydrogen) atoms. The number of hydrogen-bond acceptors (Lipinski definition) is 2. The summed E-state index contributed by atoms with van der Waals surface area (Å²) in [5, 5.41) is 9.26. The third-order valence-electron chi connectivity index (χ3n) is 4.18. The van der Waals surface area contributed by atoms with Crippen LogP contribution in [0.4, 0.5) is 13.2 Å². The Morgan fingerprint density at radius 1 is 1.20 bits per heavy atom. The molecule has 0 atom stereocenters. The van der Waals surface area contributed by atoms with Crippen LogP contribution >= 0.6 is 11.6 Å². The van der Waals surface area contributed by atoms with E-state index in [0.717, 1.165) is 38.2 Å². The summed E-state index contributed by atoms with van der Waals surface area (Å²) in [6, 6.07) is 2.42. The molecule has 1 aromatic carbocycles. The van der Waals surface area contributed by atoms with Crippen LogP contribution in [0.3, 0.4) is 0 Å². The molecule has 3 N–H and O–H groups in total. The second-order valence-corrected chi connectivity index (χ2v) is 5.80. The van der Waals surface area contributed by atoms with E-state index in [2.05, 4.69) is 0 Å². The highest BCUT2D eigenvalue weighted by molar-refractivity contribution is 6.32. The molecule has 0 heterocycles. The molecule has 0 saturated heterocycles. The Kier molecular flexibility index (Phi) is 4.21. The number of phenolic OH excluding ortho intramolecular Hbond substituents is 1. The van der Waals surface area contributed by atoms with Crippen LogP contribution < -0.4 is 5.73 Å². The van der Waals surface area contributed by atoms with E-state index in [1.54, 1.807) is 0 Å². The molecular weight excluding hydrogens is 291 g/mol. The van der Waals surface area contributed by atoms with Crippen LogP contribution in [-0.2, 0) is 11.6 Å². The predicted molar refractivity (Wildman–Crippen MR) is 71.9 cm³/mol. The lowest BCUT2D eigenvalue weighted by Crippen LogP contribution is -2.37. The first kappa shape index (κ1) is 15.4.